The van der Waals surface area contributed by atoms with Crippen LogP contribution in [0.15, 0.2) is 77.4 Å². The van der Waals surface area contributed by atoms with Crippen molar-refractivity contribution in [1.29, 1.82) is 0 Å². The Hall–Kier alpha value is -3.84. The Balaban J connectivity index is 1.53. The van der Waals surface area contributed by atoms with E-state index >= 15 is 0 Å². The van der Waals surface area contributed by atoms with Crippen molar-refractivity contribution in [2.75, 3.05) is 6.54 Å². The van der Waals surface area contributed by atoms with E-state index in [1.54, 1.807) is 59.5 Å². The number of nitrogens with zero attached hydrogens (tertiary/aromatic N) is 2. The number of furan rings is 1. The fourth-order valence-electron chi connectivity index (χ4n) is 3.19. The summed E-state index contributed by atoms with van der Waals surface area (Å²) < 4.78 is 7.13. The zero-order valence-corrected chi connectivity index (χ0v) is 17.2. The van der Waals surface area contributed by atoms with E-state index in [1.807, 2.05) is 18.2 Å². The molecule has 0 radical (unpaired) electrons. The summed E-state index contributed by atoms with van der Waals surface area (Å²) in [6, 6.07) is 19.4. The Morgan fingerprint density at radius 1 is 1.06 bits per heavy atom. The summed E-state index contributed by atoms with van der Waals surface area (Å²) in [6.45, 7) is 0.376. The number of carbonyl (C=O) groups is 2. The van der Waals surface area contributed by atoms with Crippen LogP contribution in [0.5, 0.6) is 0 Å². The van der Waals surface area contributed by atoms with Gasteiger partial charge in [-0.3, -0.25) is 9.59 Å². The summed E-state index contributed by atoms with van der Waals surface area (Å²) >= 11 is 6.13. The molecule has 0 atom stereocenters. The van der Waals surface area contributed by atoms with E-state index in [-0.39, 0.29) is 11.6 Å². The first-order valence-corrected chi connectivity index (χ1v) is 9.96. The molecule has 4 aromatic rings. The van der Waals surface area contributed by atoms with E-state index in [0.29, 0.717) is 40.7 Å². The van der Waals surface area contributed by atoms with Crippen LogP contribution in [-0.4, -0.2) is 28.1 Å². The Kier molecular flexibility index (Phi) is 5.86. The van der Waals surface area contributed by atoms with Crippen LogP contribution in [0.2, 0.25) is 5.02 Å². The summed E-state index contributed by atoms with van der Waals surface area (Å²) in [4.78, 5) is 24.0. The molecule has 0 aliphatic rings. The van der Waals surface area contributed by atoms with Gasteiger partial charge < -0.3 is 15.5 Å². The first-order valence-electron chi connectivity index (χ1n) is 9.58. The van der Waals surface area contributed by atoms with Crippen LogP contribution in [0.4, 0.5) is 0 Å². The quantitative estimate of drug-likeness (QED) is 0.461. The monoisotopic (exact) mass is 434 g/mol. The van der Waals surface area contributed by atoms with Gasteiger partial charge >= 0.3 is 0 Å². The van der Waals surface area contributed by atoms with E-state index in [9.17, 15) is 9.59 Å². The van der Waals surface area contributed by atoms with Gasteiger partial charge in [-0.1, -0.05) is 29.8 Å². The molecule has 2 heterocycles. The Morgan fingerprint density at radius 2 is 1.90 bits per heavy atom. The van der Waals surface area contributed by atoms with Crippen molar-refractivity contribution in [3.8, 4) is 17.1 Å². The standard InChI is InChI=1S/C23H19ClN4O3/c24-17-6-2-7-18(13-17)28-20(21-8-3-11-31-21)14-19(27-28)23(30)26-10-9-15-4-1-5-16(12-15)22(25)29/h1-8,11-14H,9-10H2,(H2,25,29)(H,26,30). The van der Waals surface area contributed by atoms with Gasteiger partial charge in [0.05, 0.1) is 12.0 Å². The van der Waals surface area contributed by atoms with Gasteiger partial charge in [-0.25, -0.2) is 4.68 Å². The van der Waals surface area contributed by atoms with E-state index in [2.05, 4.69) is 10.4 Å². The molecule has 0 aliphatic carbocycles. The number of hydrogen-bond donors (Lipinski definition) is 2. The van der Waals surface area contributed by atoms with Gasteiger partial charge in [-0.15, -0.1) is 0 Å². The predicted molar refractivity (Wildman–Crippen MR) is 117 cm³/mol. The van der Waals surface area contributed by atoms with E-state index in [1.165, 1.54) is 0 Å². The molecule has 31 heavy (non-hydrogen) atoms. The number of rotatable bonds is 7. The zero-order valence-electron chi connectivity index (χ0n) is 16.4. The molecule has 4 rings (SSSR count). The van der Waals surface area contributed by atoms with Gasteiger partial charge in [0, 0.05) is 23.2 Å². The molecule has 0 saturated heterocycles. The number of hydrogen-bond acceptors (Lipinski definition) is 4. The number of primary amides is 1. The molecule has 0 spiro atoms. The summed E-state index contributed by atoms with van der Waals surface area (Å²) in [6.07, 6.45) is 2.11. The van der Waals surface area contributed by atoms with E-state index in [0.717, 1.165) is 5.56 Å². The van der Waals surface area contributed by atoms with Gasteiger partial charge in [0.1, 0.15) is 5.69 Å². The lowest BCUT2D eigenvalue weighted by molar-refractivity contribution is 0.0947. The minimum Gasteiger partial charge on any atom is -0.463 e. The van der Waals surface area contributed by atoms with E-state index in [4.69, 9.17) is 21.8 Å². The number of nitrogens with two attached hydrogens (primary N) is 1. The first-order chi connectivity index (χ1) is 15.0. The minimum absolute atomic E-state index is 0.247. The maximum Gasteiger partial charge on any atom is 0.271 e. The SMILES string of the molecule is NC(=O)c1cccc(CCNC(=O)c2cc(-c3ccco3)n(-c3cccc(Cl)c3)n2)c1. The van der Waals surface area contributed by atoms with Gasteiger partial charge in [-0.2, -0.15) is 5.10 Å². The fourth-order valence-corrected chi connectivity index (χ4v) is 3.37. The van der Waals surface area contributed by atoms with Crippen LogP contribution in [-0.2, 0) is 6.42 Å². The summed E-state index contributed by atoms with van der Waals surface area (Å²) in [5.74, 6) is -0.225. The Bertz CT molecular complexity index is 1230. The number of benzene rings is 2. The second-order valence-corrected chi connectivity index (χ2v) is 7.29. The van der Waals surface area contributed by atoms with Crippen molar-refractivity contribution >= 4 is 23.4 Å². The fraction of sp³-hybridized carbons (Fsp3) is 0.0870. The highest BCUT2D eigenvalue weighted by Gasteiger charge is 2.18. The minimum atomic E-state index is -0.483. The lowest BCUT2D eigenvalue weighted by Gasteiger charge is -2.06. The van der Waals surface area contributed by atoms with Crippen molar-refractivity contribution in [3.05, 3.63) is 94.8 Å². The molecular formula is C23H19ClN4O3. The summed E-state index contributed by atoms with van der Waals surface area (Å²) in [7, 11) is 0. The molecule has 156 valence electrons. The van der Waals surface area contributed by atoms with Crippen LogP contribution < -0.4 is 11.1 Å². The molecule has 2 amide bonds. The lowest BCUT2D eigenvalue weighted by Crippen LogP contribution is -2.26. The predicted octanol–water partition coefficient (Wildman–Crippen LogP) is 3.86. The van der Waals surface area contributed by atoms with Crippen molar-refractivity contribution in [2.45, 2.75) is 6.42 Å². The molecule has 2 aromatic heterocycles. The van der Waals surface area contributed by atoms with Gasteiger partial charge in [0.25, 0.3) is 5.91 Å². The smallest absolute Gasteiger partial charge is 0.271 e. The van der Waals surface area contributed by atoms with Gasteiger partial charge in [0.2, 0.25) is 5.91 Å². The third-order valence-corrected chi connectivity index (χ3v) is 4.91. The molecule has 0 bridgehead atoms. The molecule has 0 saturated carbocycles. The molecule has 0 fully saturated rings. The van der Waals surface area contributed by atoms with Crippen molar-refractivity contribution in [2.24, 2.45) is 5.73 Å². The van der Waals surface area contributed by atoms with Crippen LogP contribution in [0.25, 0.3) is 17.1 Å². The largest absolute Gasteiger partial charge is 0.463 e. The molecule has 3 N–H and O–H groups in total. The van der Waals surface area contributed by atoms with Gasteiger partial charge in [-0.05, 0) is 54.4 Å². The number of aromatic nitrogens is 2. The number of halogens is 1. The number of nitrogens with one attached hydrogen (secondary N) is 1. The van der Waals surface area contributed by atoms with E-state index < -0.39 is 5.91 Å². The number of amides is 2. The molecule has 2 aromatic carbocycles. The third kappa shape index (κ3) is 4.67. The summed E-state index contributed by atoms with van der Waals surface area (Å²) in [5.41, 5.74) is 8.24. The number of carbonyl (C=O) groups excluding carboxylic acids is 2. The van der Waals surface area contributed by atoms with Crippen LogP contribution in [0.3, 0.4) is 0 Å². The zero-order chi connectivity index (χ0) is 21.8. The third-order valence-electron chi connectivity index (χ3n) is 4.68. The van der Waals surface area contributed by atoms with Crippen molar-refractivity contribution in [1.82, 2.24) is 15.1 Å². The Labute approximate surface area is 183 Å². The molecule has 7 nitrogen and oxygen atoms in total. The topological polar surface area (TPSA) is 103 Å². The average molecular weight is 435 g/mol. The second-order valence-electron chi connectivity index (χ2n) is 6.85. The maximum absolute atomic E-state index is 12.7. The van der Waals surface area contributed by atoms with Crippen molar-refractivity contribution in [3.63, 3.8) is 0 Å². The van der Waals surface area contributed by atoms with Crippen molar-refractivity contribution < 1.29 is 14.0 Å². The van der Waals surface area contributed by atoms with Crippen LogP contribution in [0, 0.1) is 0 Å². The Morgan fingerprint density at radius 3 is 2.65 bits per heavy atom. The maximum atomic E-state index is 12.7. The molecule has 0 unspecified atom stereocenters. The highest BCUT2D eigenvalue weighted by Crippen LogP contribution is 2.25. The first kappa shape index (κ1) is 20.4. The van der Waals surface area contributed by atoms with Gasteiger partial charge in [0.15, 0.2) is 11.5 Å². The lowest BCUT2D eigenvalue weighted by atomic mass is 10.1. The van der Waals surface area contributed by atoms with Crippen LogP contribution >= 0.6 is 11.6 Å². The summed E-state index contributed by atoms with van der Waals surface area (Å²) in [5, 5.41) is 7.88. The highest BCUT2D eigenvalue weighted by molar-refractivity contribution is 6.30. The van der Waals surface area contributed by atoms with Crippen LogP contribution in [0.1, 0.15) is 26.4 Å². The highest BCUT2D eigenvalue weighted by atomic mass is 35.5. The normalized spacial score (nSPS) is 10.7. The average Bonchev–Trinajstić information content (AvgIpc) is 3.44. The molecule has 8 heteroatoms. The molecular weight excluding hydrogens is 416 g/mol. The second kappa shape index (κ2) is 8.89. The molecule has 0 aliphatic heterocycles.